The fraction of sp³-hybridized carbons (Fsp3) is 0.0833. The Labute approximate surface area is 91.8 Å². The van der Waals surface area contributed by atoms with Crippen LogP contribution in [-0.4, -0.2) is 0 Å². The molecule has 2 nitrogen and oxygen atoms in total. The zero-order valence-corrected chi connectivity index (χ0v) is 8.87. The smallest absolute Gasteiger partial charge is 0.220 e. The SMILES string of the molecule is O=c1cccccc1OCc1cccs1. The first-order chi connectivity index (χ1) is 7.36. The van der Waals surface area contributed by atoms with Gasteiger partial charge in [-0.2, -0.15) is 0 Å². The van der Waals surface area contributed by atoms with Crippen LogP contribution in [0.3, 0.4) is 0 Å². The second-order valence-corrected chi connectivity index (χ2v) is 4.04. The zero-order chi connectivity index (χ0) is 10.5. The quantitative estimate of drug-likeness (QED) is 0.791. The summed E-state index contributed by atoms with van der Waals surface area (Å²) in [5.41, 5.74) is -0.0865. The summed E-state index contributed by atoms with van der Waals surface area (Å²) in [6.07, 6.45) is 0. The van der Waals surface area contributed by atoms with Crippen molar-refractivity contribution in [2.24, 2.45) is 0 Å². The van der Waals surface area contributed by atoms with Crippen LogP contribution in [0, 0.1) is 0 Å². The molecule has 0 spiro atoms. The minimum absolute atomic E-state index is 0.0865. The van der Waals surface area contributed by atoms with E-state index in [1.807, 2.05) is 17.5 Å². The molecule has 2 rings (SSSR count). The molecule has 0 atom stereocenters. The molecule has 0 aliphatic carbocycles. The average molecular weight is 218 g/mol. The topological polar surface area (TPSA) is 26.3 Å². The molecule has 0 saturated heterocycles. The van der Waals surface area contributed by atoms with E-state index < -0.39 is 0 Å². The lowest BCUT2D eigenvalue weighted by molar-refractivity contribution is 0.307. The lowest BCUT2D eigenvalue weighted by Crippen LogP contribution is -2.03. The third-order valence-electron chi connectivity index (χ3n) is 1.91. The number of hydrogen-bond acceptors (Lipinski definition) is 3. The normalized spacial score (nSPS) is 9.87. The van der Waals surface area contributed by atoms with Crippen LogP contribution in [0.1, 0.15) is 4.88 Å². The molecule has 0 aliphatic heterocycles. The molecule has 3 heteroatoms. The molecule has 1 heterocycles. The summed E-state index contributed by atoms with van der Waals surface area (Å²) in [5, 5.41) is 1.99. The summed E-state index contributed by atoms with van der Waals surface area (Å²) in [6, 6.07) is 12.5. The van der Waals surface area contributed by atoms with Gasteiger partial charge in [0.2, 0.25) is 5.43 Å². The van der Waals surface area contributed by atoms with E-state index in [0.29, 0.717) is 12.4 Å². The molecule has 76 valence electrons. The van der Waals surface area contributed by atoms with Crippen molar-refractivity contribution in [2.45, 2.75) is 6.61 Å². The van der Waals surface area contributed by atoms with E-state index in [9.17, 15) is 4.79 Å². The molecule has 1 aromatic heterocycles. The first kappa shape index (κ1) is 9.93. The average Bonchev–Trinajstić information content (AvgIpc) is 2.67. The first-order valence-electron chi connectivity index (χ1n) is 4.61. The summed E-state index contributed by atoms with van der Waals surface area (Å²) < 4.78 is 5.44. The molecule has 0 fully saturated rings. The van der Waals surface area contributed by atoms with Gasteiger partial charge in [0, 0.05) is 4.88 Å². The van der Waals surface area contributed by atoms with E-state index in [2.05, 4.69) is 0 Å². The Balaban J connectivity index is 2.12. The maximum atomic E-state index is 11.5. The Hall–Kier alpha value is -1.61. The molecule has 0 amide bonds. The van der Waals surface area contributed by atoms with Crippen molar-refractivity contribution in [3.8, 4) is 5.75 Å². The Kier molecular flexibility index (Phi) is 3.15. The van der Waals surface area contributed by atoms with Gasteiger partial charge >= 0.3 is 0 Å². The molecule has 0 N–H and O–H groups in total. The van der Waals surface area contributed by atoms with E-state index in [-0.39, 0.29) is 5.43 Å². The van der Waals surface area contributed by atoms with Crippen LogP contribution in [0.5, 0.6) is 5.75 Å². The summed E-state index contributed by atoms with van der Waals surface area (Å²) >= 11 is 1.62. The largest absolute Gasteiger partial charge is 0.484 e. The number of ether oxygens (including phenoxy) is 1. The Bertz CT molecular complexity index is 477. The van der Waals surface area contributed by atoms with Gasteiger partial charge < -0.3 is 4.74 Å². The van der Waals surface area contributed by atoms with Crippen LogP contribution in [0.4, 0.5) is 0 Å². The molecular weight excluding hydrogens is 208 g/mol. The lowest BCUT2D eigenvalue weighted by atomic mass is 10.4. The highest BCUT2D eigenvalue weighted by Crippen LogP contribution is 2.11. The molecule has 0 bridgehead atoms. The van der Waals surface area contributed by atoms with Crippen LogP contribution in [0.25, 0.3) is 0 Å². The van der Waals surface area contributed by atoms with Gasteiger partial charge in [-0.25, -0.2) is 0 Å². The van der Waals surface area contributed by atoms with Crippen LogP contribution in [-0.2, 0) is 6.61 Å². The molecule has 0 aliphatic rings. The highest BCUT2D eigenvalue weighted by atomic mass is 32.1. The third kappa shape index (κ3) is 2.67. The van der Waals surface area contributed by atoms with Crippen molar-refractivity contribution in [1.29, 1.82) is 0 Å². The number of hydrogen-bond donors (Lipinski definition) is 0. The van der Waals surface area contributed by atoms with Crippen molar-refractivity contribution in [1.82, 2.24) is 0 Å². The maximum Gasteiger partial charge on any atom is 0.220 e. The highest BCUT2D eigenvalue weighted by Gasteiger charge is 1.98. The molecule has 15 heavy (non-hydrogen) atoms. The second-order valence-electron chi connectivity index (χ2n) is 3.01. The third-order valence-corrected chi connectivity index (χ3v) is 2.76. The monoisotopic (exact) mass is 218 g/mol. The Morgan fingerprint density at radius 2 is 1.93 bits per heavy atom. The Morgan fingerprint density at radius 3 is 2.73 bits per heavy atom. The van der Waals surface area contributed by atoms with E-state index in [1.165, 1.54) is 6.07 Å². The van der Waals surface area contributed by atoms with Crippen molar-refractivity contribution in [3.05, 3.63) is 62.9 Å². The van der Waals surface area contributed by atoms with Gasteiger partial charge in [0.1, 0.15) is 6.61 Å². The van der Waals surface area contributed by atoms with Gasteiger partial charge in [-0.15, -0.1) is 11.3 Å². The molecule has 0 radical (unpaired) electrons. The van der Waals surface area contributed by atoms with Gasteiger partial charge in [0.25, 0.3) is 0 Å². The molecular formula is C12H10O2S. The second kappa shape index (κ2) is 4.75. The minimum atomic E-state index is -0.0865. The van der Waals surface area contributed by atoms with E-state index in [0.717, 1.165) is 4.88 Å². The van der Waals surface area contributed by atoms with Crippen LogP contribution >= 0.6 is 11.3 Å². The van der Waals surface area contributed by atoms with Crippen molar-refractivity contribution >= 4 is 11.3 Å². The predicted molar refractivity (Wildman–Crippen MR) is 61.4 cm³/mol. The van der Waals surface area contributed by atoms with E-state index in [4.69, 9.17) is 4.74 Å². The van der Waals surface area contributed by atoms with E-state index in [1.54, 1.807) is 35.6 Å². The maximum absolute atomic E-state index is 11.5. The predicted octanol–water partition coefficient (Wildman–Crippen LogP) is 2.69. The van der Waals surface area contributed by atoms with Gasteiger partial charge in [-0.05, 0) is 23.6 Å². The molecule has 0 unspecified atom stereocenters. The lowest BCUT2D eigenvalue weighted by Gasteiger charge is -2.00. The summed E-state index contributed by atoms with van der Waals surface area (Å²) in [6.45, 7) is 0.455. The molecule has 2 aromatic rings. The van der Waals surface area contributed by atoms with Crippen molar-refractivity contribution < 1.29 is 4.74 Å². The summed E-state index contributed by atoms with van der Waals surface area (Å²) in [4.78, 5) is 12.6. The highest BCUT2D eigenvalue weighted by molar-refractivity contribution is 7.09. The first-order valence-corrected chi connectivity index (χ1v) is 5.49. The molecule has 0 saturated carbocycles. The summed E-state index contributed by atoms with van der Waals surface area (Å²) in [5.74, 6) is 0.397. The minimum Gasteiger partial charge on any atom is -0.484 e. The van der Waals surface area contributed by atoms with Gasteiger partial charge in [0.05, 0.1) is 0 Å². The van der Waals surface area contributed by atoms with Crippen LogP contribution in [0.2, 0.25) is 0 Å². The van der Waals surface area contributed by atoms with Crippen molar-refractivity contribution in [3.63, 3.8) is 0 Å². The van der Waals surface area contributed by atoms with Gasteiger partial charge in [0.15, 0.2) is 5.75 Å². The summed E-state index contributed by atoms with van der Waals surface area (Å²) in [7, 11) is 0. The van der Waals surface area contributed by atoms with Gasteiger partial charge in [-0.3, -0.25) is 4.79 Å². The zero-order valence-electron chi connectivity index (χ0n) is 8.05. The van der Waals surface area contributed by atoms with Crippen molar-refractivity contribution in [2.75, 3.05) is 0 Å². The fourth-order valence-electron chi connectivity index (χ4n) is 1.18. The Morgan fingerprint density at radius 1 is 1.07 bits per heavy atom. The van der Waals surface area contributed by atoms with Crippen LogP contribution < -0.4 is 10.2 Å². The number of thiophene rings is 1. The molecule has 1 aromatic carbocycles. The van der Waals surface area contributed by atoms with Crippen LogP contribution in [0.15, 0.2) is 52.6 Å². The van der Waals surface area contributed by atoms with E-state index >= 15 is 0 Å². The number of rotatable bonds is 3. The van der Waals surface area contributed by atoms with Gasteiger partial charge in [-0.1, -0.05) is 24.3 Å². The fourth-order valence-corrected chi connectivity index (χ4v) is 1.79. The standard InChI is InChI=1S/C12H10O2S/c13-11-6-2-1-3-7-12(11)14-9-10-5-4-8-15-10/h1-8H,9H2.